The smallest absolute Gasteiger partial charge is 0.0524 e. The van der Waals surface area contributed by atoms with Crippen molar-refractivity contribution in [3.8, 4) is 0 Å². The molecule has 12 heavy (non-hydrogen) atoms. The number of nitrogens with one attached hydrogen (secondary N) is 1. The molecule has 1 saturated carbocycles. The molecule has 0 unspecified atom stereocenters. The van der Waals surface area contributed by atoms with Gasteiger partial charge in [0.25, 0.3) is 0 Å². The molecule has 2 N–H and O–H groups in total. The Bertz CT molecular complexity index is 125. The highest BCUT2D eigenvalue weighted by molar-refractivity contribution is 4.79. The maximum absolute atomic E-state index is 9.05. The highest BCUT2D eigenvalue weighted by Gasteiger charge is 2.22. The molecular weight excluding hydrogens is 150 g/mol. The van der Waals surface area contributed by atoms with Gasteiger partial charge in [-0.05, 0) is 38.6 Å². The van der Waals surface area contributed by atoms with Gasteiger partial charge < -0.3 is 10.4 Å². The first kappa shape index (κ1) is 10.0. The van der Waals surface area contributed by atoms with E-state index in [0.29, 0.717) is 6.04 Å². The van der Waals surface area contributed by atoms with Crippen LogP contribution >= 0.6 is 0 Å². The minimum absolute atomic E-state index is 0.158. The van der Waals surface area contributed by atoms with Crippen LogP contribution in [0.4, 0.5) is 0 Å². The number of aliphatic hydroxyl groups excluding tert-OH is 1. The molecule has 1 aliphatic rings. The third-order valence-corrected chi connectivity index (χ3v) is 2.83. The predicted octanol–water partition coefficient (Wildman–Crippen LogP) is 1.54. The molecule has 0 heterocycles. The van der Waals surface area contributed by atoms with Gasteiger partial charge in [0.1, 0.15) is 0 Å². The average molecular weight is 171 g/mol. The first-order valence-corrected chi connectivity index (χ1v) is 5.11. The Morgan fingerprint density at radius 3 is 2.75 bits per heavy atom. The van der Waals surface area contributed by atoms with Crippen molar-refractivity contribution in [2.45, 2.75) is 51.7 Å². The third kappa shape index (κ3) is 3.11. The second-order valence-electron chi connectivity index (χ2n) is 4.11. The molecule has 0 aromatic rings. The normalized spacial score (nSPS) is 32.2. The molecule has 0 radical (unpaired) electrons. The van der Waals surface area contributed by atoms with E-state index in [2.05, 4.69) is 12.2 Å². The van der Waals surface area contributed by atoms with Crippen LogP contribution in [0.5, 0.6) is 0 Å². The van der Waals surface area contributed by atoms with Crippen LogP contribution in [-0.2, 0) is 0 Å². The number of hydrogen-bond acceptors (Lipinski definition) is 2. The van der Waals surface area contributed by atoms with Crippen LogP contribution in [0.2, 0.25) is 0 Å². The van der Waals surface area contributed by atoms with Crippen molar-refractivity contribution in [1.29, 1.82) is 0 Å². The Balaban J connectivity index is 2.06. The molecule has 0 saturated heterocycles. The molecule has 0 spiro atoms. The van der Waals surface area contributed by atoms with E-state index in [9.17, 15) is 0 Å². The van der Waals surface area contributed by atoms with Gasteiger partial charge in [-0.1, -0.05) is 13.3 Å². The highest BCUT2D eigenvalue weighted by atomic mass is 16.3. The van der Waals surface area contributed by atoms with E-state index >= 15 is 0 Å². The summed E-state index contributed by atoms with van der Waals surface area (Å²) in [6.07, 6.45) is 4.78. The SMILES string of the molecule is C[C@H](O)CCN[C@H]1CCC[C@H]1C. The number of hydrogen-bond donors (Lipinski definition) is 2. The van der Waals surface area contributed by atoms with Gasteiger partial charge in [0, 0.05) is 6.04 Å². The predicted molar refractivity (Wildman–Crippen MR) is 51.1 cm³/mol. The summed E-state index contributed by atoms with van der Waals surface area (Å²) in [5, 5.41) is 12.6. The zero-order valence-corrected chi connectivity index (χ0v) is 8.21. The molecule has 2 heteroatoms. The molecule has 1 rings (SSSR count). The summed E-state index contributed by atoms with van der Waals surface area (Å²) in [5.41, 5.74) is 0. The van der Waals surface area contributed by atoms with E-state index in [1.165, 1.54) is 19.3 Å². The lowest BCUT2D eigenvalue weighted by molar-refractivity contribution is 0.181. The highest BCUT2D eigenvalue weighted by Crippen LogP contribution is 2.24. The number of rotatable bonds is 4. The van der Waals surface area contributed by atoms with Gasteiger partial charge in [0.15, 0.2) is 0 Å². The summed E-state index contributed by atoms with van der Waals surface area (Å²) in [7, 11) is 0. The van der Waals surface area contributed by atoms with Crippen LogP contribution in [0.1, 0.15) is 39.5 Å². The Kier molecular flexibility index (Phi) is 4.02. The lowest BCUT2D eigenvalue weighted by Gasteiger charge is -2.17. The van der Waals surface area contributed by atoms with E-state index in [4.69, 9.17) is 5.11 Å². The van der Waals surface area contributed by atoms with Crippen LogP contribution in [0.15, 0.2) is 0 Å². The Morgan fingerprint density at radius 1 is 1.50 bits per heavy atom. The van der Waals surface area contributed by atoms with Crippen LogP contribution in [0.25, 0.3) is 0 Å². The summed E-state index contributed by atoms with van der Waals surface area (Å²) in [5.74, 6) is 0.832. The van der Waals surface area contributed by atoms with Crippen LogP contribution in [-0.4, -0.2) is 23.8 Å². The summed E-state index contributed by atoms with van der Waals surface area (Å²) < 4.78 is 0. The van der Waals surface area contributed by atoms with Crippen molar-refractivity contribution in [3.05, 3.63) is 0 Å². The lowest BCUT2D eigenvalue weighted by atomic mass is 10.1. The molecule has 0 bridgehead atoms. The van der Waals surface area contributed by atoms with Crippen molar-refractivity contribution in [2.75, 3.05) is 6.54 Å². The topological polar surface area (TPSA) is 32.3 Å². The zero-order chi connectivity index (χ0) is 8.97. The summed E-state index contributed by atoms with van der Waals surface area (Å²) in [6, 6.07) is 0.712. The molecule has 2 nitrogen and oxygen atoms in total. The molecule has 0 aromatic heterocycles. The van der Waals surface area contributed by atoms with Gasteiger partial charge >= 0.3 is 0 Å². The van der Waals surface area contributed by atoms with Gasteiger partial charge in [0.2, 0.25) is 0 Å². The first-order valence-electron chi connectivity index (χ1n) is 5.11. The second-order valence-corrected chi connectivity index (χ2v) is 4.11. The zero-order valence-electron chi connectivity index (χ0n) is 8.21. The molecule has 0 aromatic carbocycles. The van der Waals surface area contributed by atoms with Crippen molar-refractivity contribution in [1.82, 2.24) is 5.32 Å². The standard InChI is InChI=1S/C10H21NO/c1-8-4-3-5-10(8)11-7-6-9(2)12/h8-12H,3-7H2,1-2H3/t8-,9+,10+/m1/s1. The minimum Gasteiger partial charge on any atom is -0.393 e. The summed E-state index contributed by atoms with van der Waals surface area (Å²) in [6.45, 7) is 5.12. The lowest BCUT2D eigenvalue weighted by Crippen LogP contribution is -2.32. The van der Waals surface area contributed by atoms with Gasteiger partial charge in [0.05, 0.1) is 6.10 Å². The van der Waals surface area contributed by atoms with Crippen molar-refractivity contribution >= 4 is 0 Å². The Morgan fingerprint density at radius 2 is 2.25 bits per heavy atom. The van der Waals surface area contributed by atoms with E-state index in [1.807, 2.05) is 6.92 Å². The van der Waals surface area contributed by atoms with Crippen molar-refractivity contribution in [2.24, 2.45) is 5.92 Å². The Hall–Kier alpha value is -0.0800. The fourth-order valence-electron chi connectivity index (χ4n) is 1.93. The maximum atomic E-state index is 9.05. The molecule has 0 amide bonds. The minimum atomic E-state index is -0.158. The van der Waals surface area contributed by atoms with E-state index in [-0.39, 0.29) is 6.10 Å². The first-order chi connectivity index (χ1) is 5.70. The fraction of sp³-hybridized carbons (Fsp3) is 1.00. The third-order valence-electron chi connectivity index (χ3n) is 2.83. The monoisotopic (exact) mass is 171 g/mol. The maximum Gasteiger partial charge on any atom is 0.0524 e. The molecule has 1 aliphatic carbocycles. The second kappa shape index (κ2) is 4.83. The molecule has 0 aliphatic heterocycles. The van der Waals surface area contributed by atoms with Gasteiger partial charge in [-0.25, -0.2) is 0 Å². The van der Waals surface area contributed by atoms with Crippen LogP contribution in [0.3, 0.4) is 0 Å². The molecular formula is C10H21NO. The largest absolute Gasteiger partial charge is 0.393 e. The van der Waals surface area contributed by atoms with Gasteiger partial charge in [-0.15, -0.1) is 0 Å². The molecule has 1 fully saturated rings. The molecule has 72 valence electrons. The number of aliphatic hydroxyl groups is 1. The summed E-state index contributed by atoms with van der Waals surface area (Å²) in [4.78, 5) is 0. The quantitative estimate of drug-likeness (QED) is 0.672. The van der Waals surface area contributed by atoms with Crippen LogP contribution < -0.4 is 5.32 Å². The van der Waals surface area contributed by atoms with E-state index in [0.717, 1.165) is 18.9 Å². The van der Waals surface area contributed by atoms with Gasteiger partial charge in [-0.3, -0.25) is 0 Å². The van der Waals surface area contributed by atoms with Crippen molar-refractivity contribution < 1.29 is 5.11 Å². The Labute approximate surface area is 75.4 Å². The average Bonchev–Trinajstić information content (AvgIpc) is 2.36. The molecule has 3 atom stereocenters. The van der Waals surface area contributed by atoms with Gasteiger partial charge in [-0.2, -0.15) is 0 Å². The van der Waals surface area contributed by atoms with Crippen LogP contribution in [0, 0.1) is 5.92 Å². The summed E-state index contributed by atoms with van der Waals surface area (Å²) >= 11 is 0. The van der Waals surface area contributed by atoms with E-state index in [1.54, 1.807) is 0 Å². The fourth-order valence-corrected chi connectivity index (χ4v) is 1.93. The van der Waals surface area contributed by atoms with Crippen molar-refractivity contribution in [3.63, 3.8) is 0 Å². The van der Waals surface area contributed by atoms with E-state index < -0.39 is 0 Å².